The van der Waals surface area contributed by atoms with Crippen LogP contribution in [0.2, 0.25) is 0 Å². The third-order valence-corrected chi connectivity index (χ3v) is 3.24. The summed E-state index contributed by atoms with van der Waals surface area (Å²) in [6, 6.07) is 0.366. The normalized spacial score (nSPS) is 14.8. The van der Waals surface area contributed by atoms with Gasteiger partial charge in [-0.2, -0.15) is 0 Å². The van der Waals surface area contributed by atoms with E-state index in [0.717, 1.165) is 19.6 Å². The second-order valence-corrected chi connectivity index (χ2v) is 5.44. The van der Waals surface area contributed by atoms with E-state index in [-0.39, 0.29) is 5.54 Å². The zero-order valence-corrected chi connectivity index (χ0v) is 12.1. The molecule has 0 spiro atoms. The monoisotopic (exact) mass is 230 g/mol. The van der Waals surface area contributed by atoms with Crippen LogP contribution in [0, 0.1) is 0 Å². The maximum absolute atomic E-state index is 5.75. The lowest BCUT2D eigenvalue weighted by Gasteiger charge is -2.40. The summed E-state index contributed by atoms with van der Waals surface area (Å²) < 4.78 is 5.75. The predicted octanol–water partition coefficient (Wildman–Crippen LogP) is 2.12. The van der Waals surface area contributed by atoms with Crippen molar-refractivity contribution in [3.63, 3.8) is 0 Å². The van der Waals surface area contributed by atoms with Crippen molar-refractivity contribution < 1.29 is 4.74 Å². The largest absolute Gasteiger partial charge is 0.377 e. The molecule has 0 bridgehead atoms. The lowest BCUT2D eigenvalue weighted by atomic mass is 9.93. The molecule has 16 heavy (non-hydrogen) atoms. The van der Waals surface area contributed by atoms with Gasteiger partial charge in [0, 0.05) is 11.6 Å². The average molecular weight is 230 g/mol. The summed E-state index contributed by atoms with van der Waals surface area (Å²) in [6.07, 6.45) is 1.45. The Morgan fingerprint density at radius 1 is 1.25 bits per heavy atom. The minimum atomic E-state index is 0.101. The fraction of sp³-hybridized carbons (Fsp3) is 1.00. The van der Waals surface area contributed by atoms with Gasteiger partial charge in [0.05, 0.1) is 12.7 Å². The molecule has 0 aliphatic carbocycles. The molecule has 0 saturated carbocycles. The second kappa shape index (κ2) is 7.25. The van der Waals surface area contributed by atoms with Gasteiger partial charge in [-0.15, -0.1) is 0 Å². The van der Waals surface area contributed by atoms with E-state index in [1.807, 2.05) is 0 Å². The van der Waals surface area contributed by atoms with E-state index in [2.05, 4.69) is 58.9 Å². The third-order valence-electron chi connectivity index (χ3n) is 3.24. The molecule has 0 heterocycles. The van der Waals surface area contributed by atoms with Gasteiger partial charge in [-0.05, 0) is 54.8 Å². The highest BCUT2D eigenvalue weighted by atomic mass is 16.5. The van der Waals surface area contributed by atoms with Crippen molar-refractivity contribution in [3.05, 3.63) is 0 Å². The summed E-state index contributed by atoms with van der Waals surface area (Å²) in [5.74, 6) is 0. The lowest BCUT2D eigenvalue weighted by molar-refractivity contribution is 0.0191. The molecular formula is C13H30N2O. The van der Waals surface area contributed by atoms with E-state index >= 15 is 0 Å². The lowest BCUT2D eigenvalue weighted by Crippen LogP contribution is -2.57. The van der Waals surface area contributed by atoms with Crippen molar-refractivity contribution in [1.29, 1.82) is 0 Å². The molecule has 0 aromatic rings. The summed E-state index contributed by atoms with van der Waals surface area (Å²) >= 11 is 0. The number of nitrogens with one attached hydrogen (secondary N) is 1. The van der Waals surface area contributed by atoms with Crippen molar-refractivity contribution in [3.8, 4) is 0 Å². The smallest absolute Gasteiger partial charge is 0.0641 e. The summed E-state index contributed by atoms with van der Waals surface area (Å²) in [5.41, 5.74) is 0.101. The number of ether oxygens (including phenoxy) is 1. The van der Waals surface area contributed by atoms with Crippen LogP contribution in [-0.4, -0.2) is 49.8 Å². The van der Waals surface area contributed by atoms with Crippen molar-refractivity contribution in [1.82, 2.24) is 10.2 Å². The molecule has 0 aliphatic heterocycles. The van der Waals surface area contributed by atoms with E-state index in [1.165, 1.54) is 0 Å². The maximum atomic E-state index is 5.75. The van der Waals surface area contributed by atoms with Gasteiger partial charge in [0.2, 0.25) is 0 Å². The Hall–Kier alpha value is -0.120. The first kappa shape index (κ1) is 15.9. The van der Waals surface area contributed by atoms with Crippen molar-refractivity contribution in [2.24, 2.45) is 0 Å². The van der Waals surface area contributed by atoms with Crippen LogP contribution in [0.15, 0.2) is 0 Å². The fourth-order valence-electron chi connectivity index (χ4n) is 1.43. The number of hydrogen-bond donors (Lipinski definition) is 1. The molecule has 0 radical (unpaired) electrons. The van der Waals surface area contributed by atoms with Crippen LogP contribution >= 0.6 is 0 Å². The molecule has 1 N–H and O–H groups in total. The first-order valence-corrected chi connectivity index (χ1v) is 6.34. The quantitative estimate of drug-likeness (QED) is 0.691. The second-order valence-electron chi connectivity index (χ2n) is 5.44. The zero-order valence-electron chi connectivity index (χ0n) is 12.1. The Balaban J connectivity index is 4.39. The Labute approximate surface area is 102 Å². The van der Waals surface area contributed by atoms with Crippen LogP contribution < -0.4 is 5.32 Å². The van der Waals surface area contributed by atoms with Crippen LogP contribution in [0.5, 0.6) is 0 Å². The highest BCUT2D eigenvalue weighted by Crippen LogP contribution is 2.16. The molecule has 0 rings (SSSR count). The van der Waals surface area contributed by atoms with E-state index in [0.29, 0.717) is 12.1 Å². The molecule has 0 aromatic heterocycles. The van der Waals surface area contributed by atoms with Crippen molar-refractivity contribution in [2.75, 3.05) is 27.2 Å². The van der Waals surface area contributed by atoms with Crippen molar-refractivity contribution in [2.45, 2.75) is 58.7 Å². The highest BCUT2D eigenvalue weighted by molar-refractivity contribution is 4.91. The van der Waals surface area contributed by atoms with Crippen LogP contribution in [0.4, 0.5) is 0 Å². The molecule has 0 aliphatic rings. The van der Waals surface area contributed by atoms with Gasteiger partial charge in [0.15, 0.2) is 0 Å². The van der Waals surface area contributed by atoms with Gasteiger partial charge in [-0.3, -0.25) is 0 Å². The fourth-order valence-corrected chi connectivity index (χ4v) is 1.43. The van der Waals surface area contributed by atoms with Gasteiger partial charge in [-0.1, -0.05) is 6.92 Å². The van der Waals surface area contributed by atoms with Gasteiger partial charge < -0.3 is 15.0 Å². The molecule has 0 amide bonds. The zero-order chi connectivity index (χ0) is 12.8. The van der Waals surface area contributed by atoms with E-state index in [1.54, 1.807) is 0 Å². The van der Waals surface area contributed by atoms with Gasteiger partial charge in [0.1, 0.15) is 0 Å². The highest BCUT2D eigenvalue weighted by Gasteiger charge is 2.31. The molecule has 0 saturated heterocycles. The van der Waals surface area contributed by atoms with Crippen LogP contribution in [0.25, 0.3) is 0 Å². The van der Waals surface area contributed by atoms with Crippen LogP contribution in [-0.2, 0) is 4.74 Å². The topological polar surface area (TPSA) is 24.5 Å². The molecule has 3 nitrogen and oxygen atoms in total. The summed E-state index contributed by atoms with van der Waals surface area (Å²) in [7, 11) is 4.24. The molecule has 98 valence electrons. The number of likely N-dealkylation sites (N-methyl/N-ethyl adjacent to an activating group) is 1. The summed E-state index contributed by atoms with van der Waals surface area (Å²) in [4.78, 5) is 2.25. The van der Waals surface area contributed by atoms with Crippen LogP contribution in [0.3, 0.4) is 0 Å². The van der Waals surface area contributed by atoms with Crippen molar-refractivity contribution >= 4 is 0 Å². The predicted molar refractivity (Wildman–Crippen MR) is 70.9 cm³/mol. The van der Waals surface area contributed by atoms with Gasteiger partial charge in [0.25, 0.3) is 0 Å². The Bertz CT molecular complexity index is 179. The molecule has 0 aromatic carbocycles. The number of rotatable bonds is 8. The Morgan fingerprint density at radius 3 is 2.19 bits per heavy atom. The molecule has 1 atom stereocenters. The number of hydrogen-bond acceptors (Lipinski definition) is 3. The summed E-state index contributed by atoms with van der Waals surface area (Å²) in [6.45, 7) is 12.7. The van der Waals surface area contributed by atoms with E-state index in [4.69, 9.17) is 4.74 Å². The number of nitrogens with zero attached hydrogens (tertiary/aromatic N) is 1. The minimum Gasteiger partial charge on any atom is -0.377 e. The minimum absolute atomic E-state index is 0.101. The Morgan fingerprint density at radius 2 is 1.81 bits per heavy atom. The summed E-state index contributed by atoms with van der Waals surface area (Å²) in [5, 5.41) is 3.58. The molecule has 3 heteroatoms. The molecular weight excluding hydrogens is 200 g/mol. The van der Waals surface area contributed by atoms with Gasteiger partial charge in [-0.25, -0.2) is 0 Å². The first-order valence-electron chi connectivity index (χ1n) is 6.34. The van der Waals surface area contributed by atoms with E-state index in [9.17, 15) is 0 Å². The first-order chi connectivity index (χ1) is 7.32. The molecule has 0 fully saturated rings. The third kappa shape index (κ3) is 5.28. The Kier molecular flexibility index (Phi) is 7.20. The standard InChI is InChI=1S/C13H30N2O/c1-8-9-14-12(10-16-11(2)3)13(4,5)15(6)7/h11-12,14H,8-10H2,1-7H3. The maximum Gasteiger partial charge on any atom is 0.0641 e. The van der Waals surface area contributed by atoms with E-state index < -0.39 is 0 Å². The van der Waals surface area contributed by atoms with Crippen LogP contribution in [0.1, 0.15) is 41.0 Å². The SMILES string of the molecule is CCCNC(COC(C)C)C(C)(C)N(C)C. The average Bonchev–Trinajstić information content (AvgIpc) is 2.16. The molecule has 1 unspecified atom stereocenters. The van der Waals surface area contributed by atoms with Gasteiger partial charge >= 0.3 is 0 Å².